The molecule has 1 aliphatic heterocycles. The molecule has 0 aromatic carbocycles. The highest BCUT2D eigenvalue weighted by molar-refractivity contribution is 5.46. The highest BCUT2D eigenvalue weighted by atomic mass is 15.2. The van der Waals surface area contributed by atoms with Crippen LogP contribution in [0.3, 0.4) is 0 Å². The van der Waals surface area contributed by atoms with Crippen LogP contribution in [0.1, 0.15) is 74.1 Å². The zero-order valence-corrected chi connectivity index (χ0v) is 17.2. The van der Waals surface area contributed by atoms with Crippen molar-refractivity contribution in [3.8, 4) is 0 Å². The van der Waals surface area contributed by atoms with Crippen LogP contribution >= 0.6 is 0 Å². The Labute approximate surface area is 150 Å². The van der Waals surface area contributed by atoms with E-state index in [9.17, 15) is 0 Å². The molecule has 0 bridgehead atoms. The van der Waals surface area contributed by atoms with Crippen molar-refractivity contribution < 1.29 is 0 Å². The molecule has 1 saturated carbocycles. The molecule has 4 unspecified atom stereocenters. The fourth-order valence-corrected chi connectivity index (χ4v) is 4.52. The lowest BCUT2D eigenvalue weighted by Crippen LogP contribution is -2.38. The monoisotopic (exact) mass is 329 g/mol. The fourth-order valence-electron chi connectivity index (χ4n) is 4.52. The largest absolute Gasteiger partial charge is 0.296 e. The van der Waals surface area contributed by atoms with Crippen molar-refractivity contribution in [1.29, 1.82) is 0 Å². The molecule has 1 heterocycles. The molecule has 0 N–H and O–H groups in total. The highest BCUT2D eigenvalue weighted by Crippen LogP contribution is 2.61. The molecule has 2 rings (SSSR count). The molecule has 0 amide bonds. The predicted molar refractivity (Wildman–Crippen MR) is 107 cm³/mol. The molecule has 1 saturated heterocycles. The van der Waals surface area contributed by atoms with E-state index in [4.69, 9.17) is 0 Å². The lowest BCUT2D eigenvalue weighted by Gasteiger charge is -2.32. The SMILES string of the molecule is CCC(C)/C=C\C/C=C1/C(=C(C)C)C2CC2(C)CN(CC)C1CC. The molecule has 4 atom stereocenters. The van der Waals surface area contributed by atoms with Crippen molar-refractivity contribution in [2.45, 2.75) is 80.2 Å². The van der Waals surface area contributed by atoms with E-state index >= 15 is 0 Å². The van der Waals surface area contributed by atoms with Gasteiger partial charge in [0.1, 0.15) is 0 Å². The van der Waals surface area contributed by atoms with Crippen molar-refractivity contribution in [1.82, 2.24) is 4.90 Å². The molecule has 0 aromatic heterocycles. The van der Waals surface area contributed by atoms with Crippen LogP contribution in [0.4, 0.5) is 0 Å². The maximum atomic E-state index is 2.74. The van der Waals surface area contributed by atoms with Gasteiger partial charge in [0.15, 0.2) is 0 Å². The van der Waals surface area contributed by atoms with E-state index in [0.717, 1.165) is 18.9 Å². The van der Waals surface area contributed by atoms with Crippen LogP contribution in [0.2, 0.25) is 0 Å². The van der Waals surface area contributed by atoms with Gasteiger partial charge in [0.05, 0.1) is 0 Å². The molecule has 2 aliphatic rings. The third-order valence-electron chi connectivity index (χ3n) is 6.29. The van der Waals surface area contributed by atoms with Crippen LogP contribution in [0, 0.1) is 17.3 Å². The molecular weight excluding hydrogens is 290 g/mol. The minimum absolute atomic E-state index is 0.512. The number of rotatable bonds is 6. The summed E-state index contributed by atoms with van der Waals surface area (Å²) in [5.41, 5.74) is 5.38. The Hall–Kier alpha value is -0.820. The first-order valence-corrected chi connectivity index (χ1v) is 10.2. The summed E-state index contributed by atoms with van der Waals surface area (Å²) in [5.74, 6) is 1.49. The summed E-state index contributed by atoms with van der Waals surface area (Å²) in [6.45, 7) is 18.8. The van der Waals surface area contributed by atoms with Crippen LogP contribution in [-0.2, 0) is 0 Å². The van der Waals surface area contributed by atoms with Gasteiger partial charge in [0.2, 0.25) is 0 Å². The van der Waals surface area contributed by atoms with Crippen LogP contribution in [0.5, 0.6) is 0 Å². The zero-order valence-electron chi connectivity index (χ0n) is 17.2. The quantitative estimate of drug-likeness (QED) is 0.511. The first kappa shape index (κ1) is 19.5. The first-order valence-electron chi connectivity index (χ1n) is 10.2. The molecule has 24 heavy (non-hydrogen) atoms. The van der Waals surface area contributed by atoms with Crippen molar-refractivity contribution in [3.63, 3.8) is 0 Å². The Morgan fingerprint density at radius 1 is 1.29 bits per heavy atom. The van der Waals surface area contributed by atoms with Gasteiger partial charge >= 0.3 is 0 Å². The molecule has 136 valence electrons. The van der Waals surface area contributed by atoms with Crippen LogP contribution in [-0.4, -0.2) is 24.0 Å². The van der Waals surface area contributed by atoms with E-state index in [1.807, 2.05) is 0 Å². The van der Waals surface area contributed by atoms with Crippen LogP contribution in [0.25, 0.3) is 0 Å². The average Bonchev–Trinajstić information content (AvgIpc) is 3.21. The lowest BCUT2D eigenvalue weighted by molar-refractivity contribution is 0.195. The number of nitrogens with zero attached hydrogens (tertiary/aromatic N) is 1. The second-order valence-electron chi connectivity index (χ2n) is 8.52. The van der Waals surface area contributed by atoms with Crippen molar-refractivity contribution >= 4 is 0 Å². The summed E-state index contributed by atoms with van der Waals surface area (Å²) >= 11 is 0. The molecule has 0 aromatic rings. The van der Waals surface area contributed by atoms with Gasteiger partial charge in [0.25, 0.3) is 0 Å². The summed E-state index contributed by atoms with van der Waals surface area (Å²) < 4.78 is 0. The third kappa shape index (κ3) is 4.04. The second kappa shape index (κ2) is 8.04. The average molecular weight is 330 g/mol. The smallest absolute Gasteiger partial charge is 0.0345 e. The number of hydrogen-bond donors (Lipinski definition) is 0. The van der Waals surface area contributed by atoms with Crippen LogP contribution in [0.15, 0.2) is 34.9 Å². The maximum Gasteiger partial charge on any atom is 0.0345 e. The summed E-state index contributed by atoms with van der Waals surface area (Å²) in [5, 5.41) is 0. The Bertz CT molecular complexity index is 520. The summed E-state index contributed by atoms with van der Waals surface area (Å²) in [6, 6.07) is 0.599. The molecule has 1 nitrogen and oxygen atoms in total. The lowest BCUT2D eigenvalue weighted by atomic mass is 9.88. The number of allylic oxidation sites excluding steroid dienone is 4. The van der Waals surface area contributed by atoms with Crippen molar-refractivity contribution in [2.75, 3.05) is 13.1 Å². The van der Waals surface area contributed by atoms with E-state index in [0.29, 0.717) is 17.4 Å². The predicted octanol–water partition coefficient (Wildman–Crippen LogP) is 6.38. The minimum Gasteiger partial charge on any atom is -0.296 e. The van der Waals surface area contributed by atoms with Crippen LogP contribution < -0.4 is 0 Å². The van der Waals surface area contributed by atoms with Gasteiger partial charge in [-0.3, -0.25) is 4.90 Å². The molecule has 0 spiro atoms. The Morgan fingerprint density at radius 2 is 2.00 bits per heavy atom. The van der Waals surface area contributed by atoms with Gasteiger partial charge in [-0.2, -0.15) is 0 Å². The zero-order chi connectivity index (χ0) is 17.9. The van der Waals surface area contributed by atoms with Gasteiger partial charge in [-0.25, -0.2) is 0 Å². The van der Waals surface area contributed by atoms with Gasteiger partial charge in [-0.1, -0.05) is 64.8 Å². The third-order valence-corrected chi connectivity index (χ3v) is 6.29. The van der Waals surface area contributed by atoms with E-state index < -0.39 is 0 Å². The topological polar surface area (TPSA) is 3.24 Å². The van der Waals surface area contributed by atoms with E-state index in [-0.39, 0.29) is 0 Å². The summed E-state index contributed by atoms with van der Waals surface area (Å²) in [7, 11) is 0. The Balaban J connectivity index is 2.34. The van der Waals surface area contributed by atoms with Gasteiger partial charge < -0.3 is 0 Å². The highest BCUT2D eigenvalue weighted by Gasteiger charge is 2.56. The number of likely N-dealkylation sites (N-methyl/N-ethyl adjacent to an activating group) is 1. The first-order chi connectivity index (χ1) is 11.4. The number of likely N-dealkylation sites (tertiary alicyclic amines) is 1. The minimum atomic E-state index is 0.512. The standard InChI is InChI=1S/C23H39N/c1-8-18(6)13-11-12-14-19-21(9-2)24(10-3)16-23(7)15-20(23)22(19)17(4)5/h11,13-14,18,20-21H,8-10,12,15-16H2,1-7H3/b13-11-,19-14+. The fraction of sp³-hybridized carbons (Fsp3) is 0.739. The Morgan fingerprint density at radius 3 is 2.54 bits per heavy atom. The normalized spacial score (nSPS) is 33.6. The molecule has 1 aliphatic carbocycles. The molecule has 1 heteroatoms. The van der Waals surface area contributed by atoms with Crippen molar-refractivity contribution in [3.05, 3.63) is 34.9 Å². The molecular formula is C23H39N. The van der Waals surface area contributed by atoms with Gasteiger partial charge in [-0.05, 0) is 68.1 Å². The number of hydrogen-bond acceptors (Lipinski definition) is 1. The van der Waals surface area contributed by atoms with Crippen molar-refractivity contribution in [2.24, 2.45) is 17.3 Å². The Kier molecular flexibility index (Phi) is 6.53. The maximum absolute atomic E-state index is 2.74. The molecule has 0 radical (unpaired) electrons. The molecule has 2 fully saturated rings. The summed E-state index contributed by atoms with van der Waals surface area (Å²) in [4.78, 5) is 2.74. The van der Waals surface area contributed by atoms with E-state index in [2.05, 4.69) is 71.6 Å². The number of fused-ring (bicyclic) bond motifs is 1. The van der Waals surface area contributed by atoms with Gasteiger partial charge in [-0.15, -0.1) is 0 Å². The van der Waals surface area contributed by atoms with E-state index in [1.165, 1.54) is 31.4 Å². The van der Waals surface area contributed by atoms with E-state index in [1.54, 1.807) is 11.1 Å². The summed E-state index contributed by atoms with van der Waals surface area (Å²) in [6.07, 6.45) is 12.2. The van der Waals surface area contributed by atoms with Gasteiger partial charge in [0, 0.05) is 12.6 Å². The second-order valence-corrected chi connectivity index (χ2v) is 8.52.